The summed E-state index contributed by atoms with van der Waals surface area (Å²) in [5.41, 5.74) is 5.02. The minimum Gasteiger partial charge on any atom is -0.378 e. The van der Waals surface area contributed by atoms with Gasteiger partial charge in [-0.2, -0.15) is 0 Å². The lowest BCUT2D eigenvalue weighted by atomic mass is 9.68. The Morgan fingerprint density at radius 1 is 0.917 bits per heavy atom. The van der Waals surface area contributed by atoms with E-state index in [9.17, 15) is 0 Å². The summed E-state index contributed by atoms with van der Waals surface area (Å²) in [6.07, 6.45) is 0.994. The Bertz CT molecular complexity index is 844. The fourth-order valence-electron chi connectivity index (χ4n) is 3.82. The fraction of sp³-hybridized carbons (Fsp3) is 0.182. The summed E-state index contributed by atoms with van der Waals surface area (Å²) in [6.45, 7) is 2.33. The molecule has 2 heteroatoms. The maximum Gasteiger partial charge on any atom is 0.0525 e. The third kappa shape index (κ3) is 2.59. The minimum absolute atomic E-state index is 0.0761. The largest absolute Gasteiger partial charge is 0.378 e. The normalized spacial score (nSPS) is 22.5. The van der Waals surface area contributed by atoms with Crippen LogP contribution >= 0.6 is 11.6 Å². The van der Waals surface area contributed by atoms with Crippen molar-refractivity contribution in [2.75, 3.05) is 5.32 Å². The zero-order valence-electron chi connectivity index (χ0n) is 13.7. The zero-order valence-corrected chi connectivity index (χ0v) is 14.4. The first kappa shape index (κ1) is 15.3. The van der Waals surface area contributed by atoms with Crippen LogP contribution in [0.25, 0.3) is 0 Å². The van der Waals surface area contributed by atoms with Gasteiger partial charge in [-0.15, -0.1) is 0 Å². The van der Waals surface area contributed by atoms with Crippen molar-refractivity contribution in [2.45, 2.75) is 24.8 Å². The van der Waals surface area contributed by atoms with E-state index in [4.69, 9.17) is 11.6 Å². The van der Waals surface area contributed by atoms with Gasteiger partial charge in [-0.05, 0) is 41.3 Å². The van der Waals surface area contributed by atoms with Crippen LogP contribution in [0.15, 0.2) is 78.9 Å². The standard InChI is InChI=1S/C22H20ClN/c1-22(17-10-6-3-7-11-17)15-21(16-8-4-2-5-9-16)24-20-13-12-18(23)14-19(20)22/h2-14,21,24H,15H2,1H3/t21-,22+/m0/s1. The van der Waals surface area contributed by atoms with E-state index < -0.39 is 0 Å². The molecule has 0 aliphatic carbocycles. The second-order valence-corrected chi connectivity index (χ2v) is 7.14. The van der Waals surface area contributed by atoms with Crippen molar-refractivity contribution >= 4 is 17.3 Å². The monoisotopic (exact) mass is 333 g/mol. The number of nitrogens with one attached hydrogen (secondary N) is 1. The summed E-state index contributed by atoms with van der Waals surface area (Å²) >= 11 is 6.32. The fourth-order valence-corrected chi connectivity index (χ4v) is 3.99. The summed E-state index contributed by atoms with van der Waals surface area (Å²) in [7, 11) is 0. The lowest BCUT2D eigenvalue weighted by Crippen LogP contribution is -2.34. The number of benzene rings is 3. The van der Waals surface area contributed by atoms with Crippen molar-refractivity contribution in [3.63, 3.8) is 0 Å². The zero-order chi connectivity index (χ0) is 16.6. The highest BCUT2D eigenvalue weighted by Gasteiger charge is 2.38. The Kier molecular flexibility index (Phi) is 3.82. The van der Waals surface area contributed by atoms with E-state index in [1.165, 1.54) is 22.4 Å². The molecular weight excluding hydrogens is 314 g/mol. The summed E-state index contributed by atoms with van der Waals surface area (Å²) in [5.74, 6) is 0. The third-order valence-electron chi connectivity index (χ3n) is 5.13. The Balaban J connectivity index is 1.87. The van der Waals surface area contributed by atoms with Crippen LogP contribution in [0, 0.1) is 0 Å². The maximum absolute atomic E-state index is 6.32. The van der Waals surface area contributed by atoms with Gasteiger partial charge in [0, 0.05) is 16.1 Å². The van der Waals surface area contributed by atoms with Crippen LogP contribution in [0.2, 0.25) is 5.02 Å². The molecule has 1 N–H and O–H groups in total. The van der Waals surface area contributed by atoms with Crippen molar-refractivity contribution in [2.24, 2.45) is 0 Å². The van der Waals surface area contributed by atoms with E-state index in [1.807, 2.05) is 6.07 Å². The molecule has 1 nitrogen and oxygen atoms in total. The third-order valence-corrected chi connectivity index (χ3v) is 5.37. The molecule has 1 heterocycles. The second kappa shape index (κ2) is 5.99. The van der Waals surface area contributed by atoms with Crippen LogP contribution in [0.4, 0.5) is 5.69 Å². The molecular formula is C22H20ClN. The van der Waals surface area contributed by atoms with Crippen molar-refractivity contribution in [1.82, 2.24) is 0 Å². The van der Waals surface area contributed by atoms with Crippen LogP contribution in [0.1, 0.15) is 36.1 Å². The molecule has 1 aliphatic rings. The predicted octanol–water partition coefficient (Wildman–Crippen LogP) is 6.20. The molecule has 2 atom stereocenters. The molecule has 0 unspecified atom stereocenters. The average Bonchev–Trinajstić information content (AvgIpc) is 2.64. The Morgan fingerprint density at radius 3 is 2.29 bits per heavy atom. The van der Waals surface area contributed by atoms with E-state index >= 15 is 0 Å². The topological polar surface area (TPSA) is 12.0 Å². The lowest BCUT2D eigenvalue weighted by molar-refractivity contribution is 0.460. The number of hydrogen-bond donors (Lipinski definition) is 1. The van der Waals surface area contributed by atoms with E-state index in [0.717, 1.165) is 11.4 Å². The molecule has 0 saturated heterocycles. The van der Waals surface area contributed by atoms with Crippen molar-refractivity contribution in [3.8, 4) is 0 Å². The van der Waals surface area contributed by atoms with Crippen LogP contribution < -0.4 is 5.32 Å². The summed E-state index contributed by atoms with van der Waals surface area (Å²) in [4.78, 5) is 0. The SMILES string of the molecule is C[C@]1(c2ccccc2)C[C@@H](c2ccccc2)Nc2ccc(Cl)cc21. The first-order valence-electron chi connectivity index (χ1n) is 8.34. The van der Waals surface area contributed by atoms with E-state index in [1.54, 1.807) is 0 Å². The summed E-state index contributed by atoms with van der Waals surface area (Å²) in [5, 5.41) is 4.49. The molecule has 0 bridgehead atoms. The van der Waals surface area contributed by atoms with Crippen LogP contribution in [0.3, 0.4) is 0 Å². The molecule has 3 aromatic carbocycles. The van der Waals surface area contributed by atoms with Crippen LogP contribution in [0.5, 0.6) is 0 Å². The van der Waals surface area contributed by atoms with E-state index in [0.29, 0.717) is 0 Å². The van der Waals surface area contributed by atoms with Gasteiger partial charge in [0.1, 0.15) is 0 Å². The van der Waals surface area contributed by atoms with Gasteiger partial charge in [0.05, 0.1) is 6.04 Å². The van der Waals surface area contributed by atoms with Crippen LogP contribution in [-0.4, -0.2) is 0 Å². The van der Waals surface area contributed by atoms with Gasteiger partial charge in [0.2, 0.25) is 0 Å². The lowest BCUT2D eigenvalue weighted by Gasteiger charge is -2.42. The molecule has 0 fully saturated rings. The van der Waals surface area contributed by atoms with Crippen molar-refractivity contribution < 1.29 is 0 Å². The molecule has 120 valence electrons. The summed E-state index contributed by atoms with van der Waals surface area (Å²) < 4.78 is 0. The molecule has 0 spiro atoms. The van der Waals surface area contributed by atoms with Gasteiger partial charge in [-0.25, -0.2) is 0 Å². The van der Waals surface area contributed by atoms with E-state index in [-0.39, 0.29) is 11.5 Å². The Labute approximate surface area is 148 Å². The second-order valence-electron chi connectivity index (χ2n) is 6.70. The number of hydrogen-bond acceptors (Lipinski definition) is 1. The predicted molar refractivity (Wildman–Crippen MR) is 102 cm³/mol. The van der Waals surface area contributed by atoms with Gasteiger partial charge in [-0.3, -0.25) is 0 Å². The van der Waals surface area contributed by atoms with Crippen LogP contribution in [-0.2, 0) is 5.41 Å². The molecule has 4 rings (SSSR count). The maximum atomic E-state index is 6.32. The first-order chi connectivity index (χ1) is 11.7. The highest BCUT2D eigenvalue weighted by molar-refractivity contribution is 6.30. The smallest absolute Gasteiger partial charge is 0.0525 e. The van der Waals surface area contributed by atoms with Gasteiger partial charge in [0.25, 0.3) is 0 Å². The number of anilines is 1. The number of halogens is 1. The van der Waals surface area contributed by atoms with Crippen molar-refractivity contribution in [3.05, 3.63) is 101 Å². The van der Waals surface area contributed by atoms with Gasteiger partial charge in [-0.1, -0.05) is 79.2 Å². The molecule has 0 radical (unpaired) electrons. The minimum atomic E-state index is -0.0761. The number of fused-ring (bicyclic) bond motifs is 1. The molecule has 0 amide bonds. The number of rotatable bonds is 2. The molecule has 0 saturated carbocycles. The van der Waals surface area contributed by atoms with Gasteiger partial charge < -0.3 is 5.32 Å². The average molecular weight is 334 g/mol. The van der Waals surface area contributed by atoms with Gasteiger partial charge >= 0.3 is 0 Å². The molecule has 1 aliphatic heterocycles. The quantitative estimate of drug-likeness (QED) is 0.588. The Hall–Kier alpha value is -2.25. The first-order valence-corrected chi connectivity index (χ1v) is 8.72. The van der Waals surface area contributed by atoms with E-state index in [2.05, 4.69) is 85.0 Å². The molecule has 24 heavy (non-hydrogen) atoms. The highest BCUT2D eigenvalue weighted by Crippen LogP contribution is 2.48. The summed E-state index contributed by atoms with van der Waals surface area (Å²) in [6, 6.07) is 27.9. The van der Waals surface area contributed by atoms with Gasteiger partial charge in [0.15, 0.2) is 0 Å². The van der Waals surface area contributed by atoms with Crippen molar-refractivity contribution in [1.29, 1.82) is 0 Å². The highest BCUT2D eigenvalue weighted by atomic mass is 35.5. The molecule has 3 aromatic rings. The molecule has 0 aromatic heterocycles. The Morgan fingerprint density at radius 2 is 1.58 bits per heavy atom.